The lowest BCUT2D eigenvalue weighted by atomic mass is 10.1. The van der Waals surface area contributed by atoms with Gasteiger partial charge in [0.1, 0.15) is 5.84 Å². The second kappa shape index (κ2) is 7.88. The van der Waals surface area contributed by atoms with Gasteiger partial charge in [-0.25, -0.2) is 9.98 Å². The van der Waals surface area contributed by atoms with E-state index >= 15 is 0 Å². The zero-order valence-electron chi connectivity index (χ0n) is 13.3. The number of nitrogens with two attached hydrogens (primary N) is 1. The van der Waals surface area contributed by atoms with Gasteiger partial charge in [0, 0.05) is 12.0 Å². The van der Waals surface area contributed by atoms with Gasteiger partial charge in [-0.1, -0.05) is 78.9 Å². The van der Waals surface area contributed by atoms with Crippen molar-refractivity contribution >= 4 is 17.4 Å². The van der Waals surface area contributed by atoms with Crippen molar-refractivity contribution in [2.24, 2.45) is 15.7 Å². The van der Waals surface area contributed by atoms with Crippen LogP contribution in [0.25, 0.3) is 0 Å². The standard InChI is InChI=1S/C21H19N3/c22-20(16-17-10-4-1-5-11-17)24-21(18-12-6-2-7-13-18)23-19-14-8-3-9-15-19/h1-15H,16H2,(H2,22,23,24). The van der Waals surface area contributed by atoms with E-state index < -0.39 is 0 Å². The van der Waals surface area contributed by atoms with E-state index in [0.29, 0.717) is 18.1 Å². The van der Waals surface area contributed by atoms with Gasteiger partial charge in [-0.3, -0.25) is 0 Å². The fourth-order valence-corrected chi connectivity index (χ4v) is 2.35. The summed E-state index contributed by atoms with van der Waals surface area (Å²) in [7, 11) is 0. The molecule has 0 saturated carbocycles. The molecule has 0 heterocycles. The maximum Gasteiger partial charge on any atom is 0.161 e. The van der Waals surface area contributed by atoms with E-state index in [2.05, 4.69) is 9.98 Å². The smallest absolute Gasteiger partial charge is 0.161 e. The Labute approximate surface area is 142 Å². The first-order chi connectivity index (χ1) is 11.8. The van der Waals surface area contributed by atoms with Gasteiger partial charge >= 0.3 is 0 Å². The molecule has 0 fully saturated rings. The molecule has 118 valence electrons. The van der Waals surface area contributed by atoms with E-state index in [0.717, 1.165) is 16.8 Å². The lowest BCUT2D eigenvalue weighted by molar-refractivity contribution is 1.28. The third-order valence-corrected chi connectivity index (χ3v) is 3.50. The number of benzene rings is 3. The predicted octanol–water partition coefficient (Wildman–Crippen LogP) is 4.36. The van der Waals surface area contributed by atoms with Crippen LogP contribution in [0.3, 0.4) is 0 Å². The zero-order valence-corrected chi connectivity index (χ0v) is 13.3. The van der Waals surface area contributed by atoms with E-state index in [9.17, 15) is 0 Å². The van der Waals surface area contributed by atoms with Crippen LogP contribution >= 0.6 is 0 Å². The van der Waals surface area contributed by atoms with E-state index in [4.69, 9.17) is 5.73 Å². The molecule has 3 aromatic rings. The van der Waals surface area contributed by atoms with Gasteiger partial charge in [-0.05, 0) is 17.7 Å². The summed E-state index contributed by atoms with van der Waals surface area (Å²) < 4.78 is 0. The van der Waals surface area contributed by atoms with Crippen LogP contribution in [0.4, 0.5) is 5.69 Å². The summed E-state index contributed by atoms with van der Waals surface area (Å²) in [5.74, 6) is 1.16. The van der Waals surface area contributed by atoms with Gasteiger partial charge in [0.2, 0.25) is 0 Å². The number of hydrogen-bond donors (Lipinski definition) is 1. The maximum absolute atomic E-state index is 6.17. The molecule has 0 aliphatic heterocycles. The van der Waals surface area contributed by atoms with Gasteiger partial charge < -0.3 is 5.73 Å². The molecule has 0 unspecified atom stereocenters. The van der Waals surface area contributed by atoms with Crippen LogP contribution in [0.1, 0.15) is 11.1 Å². The molecule has 3 nitrogen and oxygen atoms in total. The fourth-order valence-electron chi connectivity index (χ4n) is 2.35. The Balaban J connectivity index is 1.93. The SMILES string of the molecule is NC(Cc1ccccc1)=NC(=Nc1ccccc1)c1ccccc1. The summed E-state index contributed by atoms with van der Waals surface area (Å²) >= 11 is 0. The predicted molar refractivity (Wildman–Crippen MR) is 101 cm³/mol. The van der Waals surface area contributed by atoms with Crippen LogP contribution in [-0.4, -0.2) is 11.7 Å². The van der Waals surface area contributed by atoms with Crippen molar-refractivity contribution in [2.75, 3.05) is 0 Å². The second-order valence-electron chi connectivity index (χ2n) is 5.40. The number of amidine groups is 2. The normalized spacial score (nSPS) is 12.2. The van der Waals surface area contributed by atoms with Crippen molar-refractivity contribution in [3.05, 3.63) is 102 Å². The highest BCUT2D eigenvalue weighted by Gasteiger charge is 2.04. The number of nitrogens with zero attached hydrogens (tertiary/aromatic N) is 2. The molecule has 0 radical (unpaired) electrons. The summed E-state index contributed by atoms with van der Waals surface area (Å²) in [6, 6.07) is 29.7. The van der Waals surface area contributed by atoms with E-state index in [1.54, 1.807) is 0 Å². The Kier molecular flexibility index (Phi) is 5.15. The molecule has 2 N–H and O–H groups in total. The minimum absolute atomic E-state index is 0.541. The molecule has 0 spiro atoms. The van der Waals surface area contributed by atoms with Crippen molar-refractivity contribution in [1.29, 1.82) is 0 Å². The molecule has 0 saturated heterocycles. The van der Waals surface area contributed by atoms with Crippen LogP contribution in [0, 0.1) is 0 Å². The van der Waals surface area contributed by atoms with Gasteiger partial charge in [-0.15, -0.1) is 0 Å². The molecule has 3 aromatic carbocycles. The molecule has 3 rings (SSSR count). The molecular weight excluding hydrogens is 294 g/mol. The van der Waals surface area contributed by atoms with Crippen molar-refractivity contribution in [3.8, 4) is 0 Å². The number of aliphatic imine (C=N–C) groups is 2. The van der Waals surface area contributed by atoms with E-state index in [1.807, 2.05) is 91.0 Å². The second-order valence-corrected chi connectivity index (χ2v) is 5.40. The van der Waals surface area contributed by atoms with Gasteiger partial charge in [0.05, 0.1) is 5.69 Å². The molecular formula is C21H19N3. The highest BCUT2D eigenvalue weighted by molar-refractivity contribution is 6.07. The number of hydrogen-bond acceptors (Lipinski definition) is 1. The molecule has 0 aliphatic rings. The fraction of sp³-hybridized carbons (Fsp3) is 0.0476. The van der Waals surface area contributed by atoms with Crippen molar-refractivity contribution in [3.63, 3.8) is 0 Å². The lowest BCUT2D eigenvalue weighted by Crippen LogP contribution is -2.17. The van der Waals surface area contributed by atoms with E-state index in [1.165, 1.54) is 0 Å². The van der Waals surface area contributed by atoms with Crippen LogP contribution < -0.4 is 5.73 Å². The van der Waals surface area contributed by atoms with Gasteiger partial charge in [0.25, 0.3) is 0 Å². The summed E-state index contributed by atoms with van der Waals surface area (Å²) in [5, 5.41) is 0. The molecule has 0 atom stereocenters. The van der Waals surface area contributed by atoms with Crippen molar-refractivity contribution < 1.29 is 0 Å². The maximum atomic E-state index is 6.17. The Bertz CT molecular complexity index is 823. The lowest BCUT2D eigenvalue weighted by Gasteiger charge is -2.05. The summed E-state index contributed by atoms with van der Waals surface area (Å²) in [6.45, 7) is 0. The van der Waals surface area contributed by atoms with Gasteiger partial charge in [0.15, 0.2) is 5.84 Å². The Morgan fingerprint density at radius 3 is 1.88 bits per heavy atom. The Hall–Kier alpha value is -3.20. The number of rotatable bonds is 4. The highest BCUT2D eigenvalue weighted by atomic mass is 15.0. The summed E-state index contributed by atoms with van der Waals surface area (Å²) in [4.78, 5) is 9.24. The molecule has 0 amide bonds. The van der Waals surface area contributed by atoms with Crippen LogP contribution in [0.5, 0.6) is 0 Å². The van der Waals surface area contributed by atoms with E-state index in [-0.39, 0.29) is 0 Å². The Morgan fingerprint density at radius 1 is 0.708 bits per heavy atom. The third-order valence-electron chi connectivity index (χ3n) is 3.50. The van der Waals surface area contributed by atoms with Crippen molar-refractivity contribution in [1.82, 2.24) is 0 Å². The van der Waals surface area contributed by atoms with Crippen molar-refractivity contribution in [2.45, 2.75) is 6.42 Å². The summed E-state index contributed by atoms with van der Waals surface area (Å²) in [6.07, 6.45) is 0.599. The summed E-state index contributed by atoms with van der Waals surface area (Å²) in [5.41, 5.74) is 9.09. The molecule has 0 aliphatic carbocycles. The van der Waals surface area contributed by atoms with Crippen LogP contribution in [-0.2, 0) is 6.42 Å². The third kappa shape index (κ3) is 4.40. The average Bonchev–Trinajstić information content (AvgIpc) is 2.63. The molecule has 3 heteroatoms. The first-order valence-electron chi connectivity index (χ1n) is 7.87. The minimum atomic E-state index is 0.541. The topological polar surface area (TPSA) is 50.7 Å². The monoisotopic (exact) mass is 313 g/mol. The molecule has 24 heavy (non-hydrogen) atoms. The minimum Gasteiger partial charge on any atom is -0.387 e. The highest BCUT2D eigenvalue weighted by Crippen LogP contribution is 2.14. The first-order valence-corrected chi connectivity index (χ1v) is 7.87. The largest absolute Gasteiger partial charge is 0.387 e. The van der Waals surface area contributed by atoms with Gasteiger partial charge in [-0.2, -0.15) is 0 Å². The Morgan fingerprint density at radius 2 is 1.25 bits per heavy atom. The van der Waals surface area contributed by atoms with Crippen LogP contribution in [0.2, 0.25) is 0 Å². The first kappa shape index (κ1) is 15.7. The number of para-hydroxylation sites is 1. The molecule has 0 bridgehead atoms. The molecule has 0 aromatic heterocycles. The zero-order chi connectivity index (χ0) is 16.6. The average molecular weight is 313 g/mol. The van der Waals surface area contributed by atoms with Crippen LogP contribution in [0.15, 0.2) is 101 Å². The quantitative estimate of drug-likeness (QED) is 0.564.